The molecule has 0 saturated heterocycles. The Morgan fingerprint density at radius 1 is 0.882 bits per heavy atom. The highest BCUT2D eigenvalue weighted by atomic mass is 16.3. The van der Waals surface area contributed by atoms with E-state index in [9.17, 15) is 15.0 Å². The molecule has 0 unspecified atom stereocenters. The van der Waals surface area contributed by atoms with Crippen molar-refractivity contribution in [3.63, 3.8) is 0 Å². The van der Waals surface area contributed by atoms with Gasteiger partial charge in [0.2, 0.25) is 0 Å². The molecule has 1 amide bonds. The molecule has 1 aliphatic rings. The number of carbonyl (C=O) groups excluding carboxylic acids is 1. The molecule has 34 heavy (non-hydrogen) atoms. The van der Waals surface area contributed by atoms with Crippen LogP contribution in [0.5, 0.6) is 11.5 Å². The van der Waals surface area contributed by atoms with E-state index in [-0.39, 0.29) is 23.0 Å². The smallest absolute Gasteiger partial charge is 0.262 e. The molecule has 4 aromatic rings. The highest BCUT2D eigenvalue weighted by molar-refractivity contribution is 6.09. The number of anilines is 1. The van der Waals surface area contributed by atoms with Gasteiger partial charge in [0.15, 0.2) is 0 Å². The van der Waals surface area contributed by atoms with Crippen molar-refractivity contribution in [1.82, 2.24) is 4.98 Å². The lowest BCUT2D eigenvalue weighted by atomic mass is 9.85. The molecule has 3 aromatic carbocycles. The van der Waals surface area contributed by atoms with Crippen molar-refractivity contribution in [2.24, 2.45) is 0 Å². The van der Waals surface area contributed by atoms with Crippen LogP contribution in [0.25, 0.3) is 22.4 Å². The maximum absolute atomic E-state index is 13.5. The van der Waals surface area contributed by atoms with Crippen LogP contribution in [-0.4, -0.2) is 26.6 Å². The molecule has 0 fully saturated rings. The summed E-state index contributed by atoms with van der Waals surface area (Å²) in [5.74, 6) is -0.600. The number of phenols is 2. The SMILES string of the molecule is CC1(C)CCc2cc(-c3ccc(-c4ccccc4)cn3)ccc2N1C(=O)c1ccc(O)cc1O. The van der Waals surface area contributed by atoms with Crippen LogP contribution in [0.2, 0.25) is 0 Å². The third kappa shape index (κ3) is 3.90. The zero-order valence-corrected chi connectivity index (χ0v) is 19.2. The fourth-order valence-corrected chi connectivity index (χ4v) is 4.61. The van der Waals surface area contributed by atoms with Crippen LogP contribution in [0.1, 0.15) is 36.2 Å². The van der Waals surface area contributed by atoms with Crippen LogP contribution in [0.3, 0.4) is 0 Å². The first-order valence-electron chi connectivity index (χ1n) is 11.3. The molecule has 0 spiro atoms. The maximum Gasteiger partial charge on any atom is 0.262 e. The van der Waals surface area contributed by atoms with Gasteiger partial charge < -0.3 is 15.1 Å². The van der Waals surface area contributed by atoms with Crippen LogP contribution in [0.15, 0.2) is 85.1 Å². The summed E-state index contributed by atoms with van der Waals surface area (Å²) >= 11 is 0. The minimum absolute atomic E-state index is 0.0808. The topological polar surface area (TPSA) is 73.7 Å². The summed E-state index contributed by atoms with van der Waals surface area (Å²) in [4.78, 5) is 20.0. The van der Waals surface area contributed by atoms with E-state index in [1.807, 2.05) is 56.4 Å². The number of nitrogens with zero attached hydrogens (tertiary/aromatic N) is 2. The lowest BCUT2D eigenvalue weighted by Gasteiger charge is -2.43. The van der Waals surface area contributed by atoms with Gasteiger partial charge in [-0.3, -0.25) is 9.78 Å². The molecule has 1 aliphatic heterocycles. The third-order valence-electron chi connectivity index (χ3n) is 6.51. The second-order valence-electron chi connectivity index (χ2n) is 9.30. The molecule has 5 heteroatoms. The summed E-state index contributed by atoms with van der Waals surface area (Å²) in [5.41, 5.74) is 5.71. The summed E-state index contributed by atoms with van der Waals surface area (Å²) in [6, 6.07) is 24.4. The number of pyridine rings is 1. The van der Waals surface area contributed by atoms with Crippen molar-refractivity contribution in [2.75, 3.05) is 4.90 Å². The fraction of sp³-hybridized carbons (Fsp3) is 0.172. The van der Waals surface area contributed by atoms with Gasteiger partial charge in [0.25, 0.3) is 5.91 Å². The number of rotatable bonds is 3. The average molecular weight is 451 g/mol. The molecule has 0 saturated carbocycles. The number of aromatic hydroxyl groups is 2. The zero-order valence-electron chi connectivity index (χ0n) is 19.2. The predicted octanol–water partition coefficient (Wildman–Crippen LogP) is 6.20. The molecule has 5 rings (SSSR count). The van der Waals surface area contributed by atoms with Gasteiger partial charge in [0.1, 0.15) is 11.5 Å². The molecular weight excluding hydrogens is 424 g/mol. The van der Waals surface area contributed by atoms with Gasteiger partial charge >= 0.3 is 0 Å². The summed E-state index contributed by atoms with van der Waals surface area (Å²) < 4.78 is 0. The molecule has 0 atom stereocenters. The molecule has 2 heterocycles. The standard InChI is InChI=1S/C29H26N2O3/c1-29(2)15-14-21-16-20(25-12-8-22(18-30-25)19-6-4-3-5-7-19)9-13-26(21)31(29)28(34)24-11-10-23(32)17-27(24)33/h3-13,16-18,32-33H,14-15H2,1-2H3. The van der Waals surface area contributed by atoms with E-state index in [4.69, 9.17) is 0 Å². The number of phenolic OH excluding ortho intramolecular Hbond substituents is 2. The molecule has 2 N–H and O–H groups in total. The molecule has 5 nitrogen and oxygen atoms in total. The highest BCUT2D eigenvalue weighted by Crippen LogP contribution is 2.40. The van der Waals surface area contributed by atoms with Crippen molar-refractivity contribution >= 4 is 11.6 Å². The van der Waals surface area contributed by atoms with Gasteiger partial charge in [-0.05, 0) is 68.1 Å². The van der Waals surface area contributed by atoms with Crippen LogP contribution < -0.4 is 4.90 Å². The molecular formula is C29H26N2O3. The van der Waals surface area contributed by atoms with E-state index in [2.05, 4.69) is 29.2 Å². The van der Waals surface area contributed by atoms with Crippen LogP contribution >= 0.6 is 0 Å². The van der Waals surface area contributed by atoms with E-state index in [0.717, 1.165) is 46.5 Å². The Kier molecular flexibility index (Phi) is 5.33. The first-order valence-corrected chi connectivity index (χ1v) is 11.3. The van der Waals surface area contributed by atoms with E-state index < -0.39 is 5.54 Å². The largest absolute Gasteiger partial charge is 0.508 e. The Labute approximate surface area is 199 Å². The van der Waals surface area contributed by atoms with E-state index in [1.54, 1.807) is 4.90 Å². The minimum atomic E-state index is -0.425. The predicted molar refractivity (Wildman–Crippen MR) is 134 cm³/mol. The summed E-state index contributed by atoms with van der Waals surface area (Å²) in [7, 11) is 0. The summed E-state index contributed by atoms with van der Waals surface area (Å²) in [6.45, 7) is 4.06. The van der Waals surface area contributed by atoms with Gasteiger partial charge in [0, 0.05) is 34.6 Å². The third-order valence-corrected chi connectivity index (χ3v) is 6.51. The minimum Gasteiger partial charge on any atom is -0.508 e. The zero-order chi connectivity index (χ0) is 23.9. The van der Waals surface area contributed by atoms with Crippen molar-refractivity contribution in [1.29, 1.82) is 0 Å². The van der Waals surface area contributed by atoms with Crippen LogP contribution in [-0.2, 0) is 6.42 Å². The lowest BCUT2D eigenvalue weighted by molar-refractivity contribution is 0.0953. The number of hydrogen-bond acceptors (Lipinski definition) is 4. The Morgan fingerprint density at radius 2 is 1.65 bits per heavy atom. The van der Waals surface area contributed by atoms with E-state index in [0.29, 0.717) is 0 Å². The average Bonchev–Trinajstić information content (AvgIpc) is 2.84. The molecule has 0 aliphatic carbocycles. The van der Waals surface area contributed by atoms with Gasteiger partial charge in [-0.1, -0.05) is 42.5 Å². The number of aryl methyl sites for hydroxylation is 1. The van der Waals surface area contributed by atoms with Crippen molar-refractivity contribution in [3.05, 3.63) is 96.2 Å². The molecule has 0 radical (unpaired) electrons. The maximum atomic E-state index is 13.5. The first-order chi connectivity index (χ1) is 16.3. The van der Waals surface area contributed by atoms with Crippen molar-refractivity contribution in [2.45, 2.75) is 32.2 Å². The number of fused-ring (bicyclic) bond motifs is 1. The second-order valence-corrected chi connectivity index (χ2v) is 9.30. The van der Waals surface area contributed by atoms with Gasteiger partial charge in [-0.2, -0.15) is 0 Å². The highest BCUT2D eigenvalue weighted by Gasteiger charge is 2.38. The summed E-state index contributed by atoms with van der Waals surface area (Å²) in [6.07, 6.45) is 3.51. The Balaban J connectivity index is 1.49. The number of carbonyl (C=O) groups is 1. The van der Waals surface area contributed by atoms with Crippen LogP contribution in [0, 0.1) is 0 Å². The number of benzene rings is 3. The lowest BCUT2D eigenvalue weighted by Crippen LogP contribution is -2.51. The number of amides is 1. The normalized spacial score (nSPS) is 14.5. The monoisotopic (exact) mass is 450 g/mol. The first kappa shape index (κ1) is 21.7. The molecule has 170 valence electrons. The second kappa shape index (κ2) is 8.34. The van der Waals surface area contributed by atoms with Gasteiger partial charge in [-0.15, -0.1) is 0 Å². The molecule has 0 bridgehead atoms. The summed E-state index contributed by atoms with van der Waals surface area (Å²) in [5, 5.41) is 19.9. The Morgan fingerprint density at radius 3 is 2.35 bits per heavy atom. The Bertz CT molecular complexity index is 1360. The van der Waals surface area contributed by atoms with E-state index >= 15 is 0 Å². The van der Waals surface area contributed by atoms with Gasteiger partial charge in [0.05, 0.1) is 11.3 Å². The van der Waals surface area contributed by atoms with Crippen molar-refractivity contribution < 1.29 is 15.0 Å². The Hall–Kier alpha value is -4.12. The van der Waals surface area contributed by atoms with Crippen LogP contribution in [0.4, 0.5) is 5.69 Å². The fourth-order valence-electron chi connectivity index (χ4n) is 4.61. The van der Waals surface area contributed by atoms with Gasteiger partial charge in [-0.25, -0.2) is 0 Å². The molecule has 1 aromatic heterocycles. The van der Waals surface area contributed by atoms with E-state index in [1.165, 1.54) is 18.2 Å². The number of aromatic nitrogens is 1. The quantitative estimate of drug-likeness (QED) is 0.390. The number of hydrogen-bond donors (Lipinski definition) is 2. The van der Waals surface area contributed by atoms with Crippen molar-refractivity contribution in [3.8, 4) is 33.9 Å².